The fourth-order valence-corrected chi connectivity index (χ4v) is 7.38. The first-order valence-electron chi connectivity index (χ1n) is 16.5. The molecule has 8 aromatic rings. The van der Waals surface area contributed by atoms with E-state index in [1.54, 1.807) is 0 Å². The van der Waals surface area contributed by atoms with E-state index in [0.717, 1.165) is 39.6 Å². The van der Waals surface area contributed by atoms with Crippen LogP contribution in [-0.2, 0) is 5.41 Å². The van der Waals surface area contributed by atoms with Crippen LogP contribution in [0.5, 0.6) is 0 Å². The predicted octanol–water partition coefficient (Wildman–Crippen LogP) is 11.9. The first-order chi connectivity index (χ1) is 23.5. The highest BCUT2D eigenvalue weighted by molar-refractivity contribution is 6.08. The van der Waals surface area contributed by atoms with Crippen molar-refractivity contribution in [3.8, 4) is 33.9 Å². The van der Waals surface area contributed by atoms with Crippen molar-refractivity contribution in [2.24, 2.45) is 0 Å². The summed E-state index contributed by atoms with van der Waals surface area (Å²) in [7, 11) is 0. The number of pyridine rings is 2. The molecule has 0 N–H and O–H groups in total. The Morgan fingerprint density at radius 3 is 1.62 bits per heavy atom. The summed E-state index contributed by atoms with van der Waals surface area (Å²) >= 11 is 0. The van der Waals surface area contributed by atoms with Crippen LogP contribution in [0.15, 0.2) is 164 Å². The fourth-order valence-electron chi connectivity index (χ4n) is 7.38. The first kappa shape index (κ1) is 28.2. The zero-order chi connectivity index (χ0) is 32.2. The summed E-state index contributed by atoms with van der Waals surface area (Å²) < 4.78 is 0. The summed E-state index contributed by atoms with van der Waals surface area (Å²) in [6.07, 6.45) is 0. The average molecular weight is 616 g/mol. The molecule has 9 rings (SSSR count). The normalized spacial score (nSPS) is 13.3. The second-order valence-electron chi connectivity index (χ2n) is 13.1. The van der Waals surface area contributed by atoms with Gasteiger partial charge in [-0.05, 0) is 87.3 Å². The van der Waals surface area contributed by atoms with E-state index >= 15 is 0 Å². The molecule has 0 unspecified atom stereocenters. The third-order valence-electron chi connectivity index (χ3n) is 9.86. The maximum atomic E-state index is 5.09. The topological polar surface area (TPSA) is 29.0 Å². The molecule has 0 aliphatic carbocycles. The average Bonchev–Trinajstić information content (AvgIpc) is 3.15. The molecule has 0 radical (unpaired) electrons. The van der Waals surface area contributed by atoms with E-state index in [-0.39, 0.29) is 5.41 Å². The van der Waals surface area contributed by atoms with Crippen molar-refractivity contribution in [1.29, 1.82) is 0 Å². The van der Waals surface area contributed by atoms with Gasteiger partial charge in [-0.1, -0.05) is 123 Å². The van der Waals surface area contributed by atoms with Crippen LogP contribution < -0.4 is 4.90 Å². The number of nitrogens with zero attached hydrogens (tertiary/aromatic N) is 3. The molecule has 0 fully saturated rings. The molecule has 0 saturated carbocycles. The SMILES string of the molecule is CC1(C)c2ccccc2N(c2ccc(-c3cccc(-c4cccc(-c5ccc6c(ccc7ccccc76)c5)n4)n3)cc2)c2ccccc21. The minimum Gasteiger partial charge on any atom is -0.310 e. The molecule has 228 valence electrons. The number of anilines is 3. The van der Waals surface area contributed by atoms with Gasteiger partial charge in [0.05, 0.1) is 34.2 Å². The number of fused-ring (bicyclic) bond motifs is 5. The highest BCUT2D eigenvalue weighted by Gasteiger charge is 2.36. The monoisotopic (exact) mass is 615 g/mol. The molecule has 0 saturated heterocycles. The summed E-state index contributed by atoms with van der Waals surface area (Å²) in [5, 5.41) is 4.99. The van der Waals surface area contributed by atoms with Gasteiger partial charge >= 0.3 is 0 Å². The molecule has 0 spiro atoms. The van der Waals surface area contributed by atoms with Gasteiger partial charge in [0.25, 0.3) is 0 Å². The Morgan fingerprint density at radius 2 is 0.938 bits per heavy atom. The first-order valence-corrected chi connectivity index (χ1v) is 16.5. The summed E-state index contributed by atoms with van der Waals surface area (Å²) in [5.41, 5.74) is 11.9. The standard InChI is InChI=1S/C45H33N3/c1-45(2)37-13-5-7-19-43(37)48(44-20-8-6-14-38(44)45)34-26-23-31(24-27-34)39-15-9-17-41(46-39)42-18-10-16-40(47-42)33-25-28-36-32(29-33)22-21-30-11-3-4-12-35(30)36/h3-29H,1-2H3. The van der Waals surface area contributed by atoms with Crippen LogP contribution in [-0.4, -0.2) is 9.97 Å². The van der Waals surface area contributed by atoms with Crippen LogP contribution in [0.4, 0.5) is 17.1 Å². The van der Waals surface area contributed by atoms with E-state index in [1.807, 2.05) is 12.1 Å². The summed E-state index contributed by atoms with van der Waals surface area (Å²) in [6, 6.07) is 58.2. The van der Waals surface area contributed by atoms with Gasteiger partial charge in [-0.25, -0.2) is 9.97 Å². The highest BCUT2D eigenvalue weighted by Crippen LogP contribution is 2.51. The van der Waals surface area contributed by atoms with Crippen molar-refractivity contribution in [3.63, 3.8) is 0 Å². The van der Waals surface area contributed by atoms with Crippen molar-refractivity contribution in [1.82, 2.24) is 9.97 Å². The molecular formula is C45H33N3. The lowest BCUT2D eigenvalue weighted by molar-refractivity contribution is 0.632. The number of aromatic nitrogens is 2. The summed E-state index contributed by atoms with van der Waals surface area (Å²) in [5.74, 6) is 0. The smallest absolute Gasteiger partial charge is 0.0893 e. The van der Waals surface area contributed by atoms with E-state index < -0.39 is 0 Å². The Bertz CT molecular complexity index is 2440. The van der Waals surface area contributed by atoms with Gasteiger partial charge in [0, 0.05) is 22.2 Å². The van der Waals surface area contributed by atoms with Crippen LogP contribution in [0.25, 0.3) is 55.4 Å². The lowest BCUT2D eigenvalue weighted by Gasteiger charge is -2.42. The highest BCUT2D eigenvalue weighted by atomic mass is 15.2. The predicted molar refractivity (Wildman–Crippen MR) is 200 cm³/mol. The van der Waals surface area contributed by atoms with Crippen LogP contribution in [0.2, 0.25) is 0 Å². The molecule has 2 aromatic heterocycles. The molecule has 3 nitrogen and oxygen atoms in total. The molecule has 48 heavy (non-hydrogen) atoms. The number of benzene rings is 6. The van der Waals surface area contributed by atoms with Crippen molar-refractivity contribution in [2.75, 3.05) is 4.90 Å². The van der Waals surface area contributed by atoms with Gasteiger partial charge < -0.3 is 4.90 Å². The van der Waals surface area contributed by atoms with Crippen LogP contribution >= 0.6 is 0 Å². The molecule has 0 amide bonds. The number of hydrogen-bond donors (Lipinski definition) is 0. The van der Waals surface area contributed by atoms with Crippen molar-refractivity contribution >= 4 is 38.6 Å². The number of rotatable bonds is 4. The van der Waals surface area contributed by atoms with Crippen LogP contribution in [0.3, 0.4) is 0 Å². The number of hydrogen-bond acceptors (Lipinski definition) is 3. The van der Waals surface area contributed by atoms with Gasteiger partial charge in [-0.15, -0.1) is 0 Å². The van der Waals surface area contributed by atoms with Crippen LogP contribution in [0, 0.1) is 0 Å². The minimum atomic E-state index is -0.0808. The van der Waals surface area contributed by atoms with Crippen LogP contribution in [0.1, 0.15) is 25.0 Å². The largest absolute Gasteiger partial charge is 0.310 e. The third kappa shape index (κ3) is 4.58. The molecular weight excluding hydrogens is 583 g/mol. The van der Waals surface area contributed by atoms with Gasteiger partial charge in [0.1, 0.15) is 0 Å². The van der Waals surface area contributed by atoms with Crippen molar-refractivity contribution < 1.29 is 0 Å². The Balaban J connectivity index is 1.04. The van der Waals surface area contributed by atoms with E-state index in [2.05, 4.69) is 170 Å². The number of para-hydroxylation sites is 2. The molecule has 0 bridgehead atoms. The van der Waals surface area contributed by atoms with E-state index in [9.17, 15) is 0 Å². The molecule has 1 aliphatic rings. The molecule has 3 heteroatoms. The van der Waals surface area contributed by atoms with E-state index in [4.69, 9.17) is 9.97 Å². The Hall–Kier alpha value is -6.06. The van der Waals surface area contributed by atoms with Gasteiger partial charge in [-0.2, -0.15) is 0 Å². The Kier molecular flexibility index (Phi) is 6.48. The van der Waals surface area contributed by atoms with Crippen molar-refractivity contribution in [2.45, 2.75) is 19.3 Å². The minimum absolute atomic E-state index is 0.0808. The summed E-state index contributed by atoms with van der Waals surface area (Å²) in [6.45, 7) is 4.63. The van der Waals surface area contributed by atoms with Crippen molar-refractivity contribution in [3.05, 3.63) is 175 Å². The maximum absolute atomic E-state index is 5.09. The Labute approximate surface area is 280 Å². The summed E-state index contributed by atoms with van der Waals surface area (Å²) in [4.78, 5) is 12.5. The molecule has 1 aliphatic heterocycles. The zero-order valence-electron chi connectivity index (χ0n) is 26.9. The lowest BCUT2D eigenvalue weighted by Crippen LogP contribution is -2.30. The molecule has 6 aromatic carbocycles. The quantitative estimate of drug-likeness (QED) is 0.184. The maximum Gasteiger partial charge on any atom is 0.0893 e. The molecule has 0 atom stereocenters. The van der Waals surface area contributed by atoms with Gasteiger partial charge in [0.2, 0.25) is 0 Å². The third-order valence-corrected chi connectivity index (χ3v) is 9.86. The van der Waals surface area contributed by atoms with E-state index in [1.165, 1.54) is 44.0 Å². The fraction of sp³-hybridized carbons (Fsp3) is 0.0667. The van der Waals surface area contributed by atoms with E-state index in [0.29, 0.717) is 0 Å². The lowest BCUT2D eigenvalue weighted by atomic mass is 9.73. The molecule has 3 heterocycles. The van der Waals surface area contributed by atoms with Gasteiger partial charge in [-0.3, -0.25) is 0 Å². The second kappa shape index (κ2) is 11.0. The second-order valence-corrected chi connectivity index (χ2v) is 13.1. The van der Waals surface area contributed by atoms with Gasteiger partial charge in [0.15, 0.2) is 0 Å². The Morgan fingerprint density at radius 1 is 0.417 bits per heavy atom. The zero-order valence-corrected chi connectivity index (χ0v) is 26.9.